The molecule has 0 aromatic heterocycles. The third kappa shape index (κ3) is 3.87. The third-order valence-electron chi connectivity index (χ3n) is 5.21. The number of hydrogen-bond donors (Lipinski definition) is 2. The molecular formula is C17H24ClN3O3. The second kappa shape index (κ2) is 7.49. The third-order valence-corrected chi connectivity index (χ3v) is 5.21. The van der Waals surface area contributed by atoms with Gasteiger partial charge in [-0.15, -0.1) is 12.4 Å². The molecule has 1 aromatic carbocycles. The molecule has 1 aromatic rings. The number of nitrogens with two attached hydrogens (primary N) is 1. The number of carbonyl (C=O) groups excluding carboxylic acids is 1. The van der Waals surface area contributed by atoms with Crippen LogP contribution in [-0.4, -0.2) is 22.9 Å². The van der Waals surface area contributed by atoms with Gasteiger partial charge in [-0.3, -0.25) is 14.9 Å². The molecule has 1 amide bonds. The Morgan fingerprint density at radius 3 is 2.46 bits per heavy atom. The van der Waals surface area contributed by atoms with Crippen molar-refractivity contribution in [2.45, 2.75) is 51.1 Å². The van der Waals surface area contributed by atoms with Crippen LogP contribution in [0.4, 0.5) is 5.69 Å². The lowest BCUT2D eigenvalue weighted by Gasteiger charge is -2.45. The number of halogens is 1. The van der Waals surface area contributed by atoms with E-state index < -0.39 is 4.92 Å². The summed E-state index contributed by atoms with van der Waals surface area (Å²) in [4.78, 5) is 23.1. The molecule has 24 heavy (non-hydrogen) atoms. The Labute approximate surface area is 147 Å². The molecule has 2 saturated carbocycles. The molecule has 0 saturated heterocycles. The zero-order valence-corrected chi connectivity index (χ0v) is 14.6. The Bertz CT molecular complexity index is 624. The molecule has 7 heteroatoms. The van der Waals surface area contributed by atoms with Gasteiger partial charge in [0, 0.05) is 29.8 Å². The first-order valence-corrected chi connectivity index (χ1v) is 8.26. The van der Waals surface area contributed by atoms with E-state index in [2.05, 4.69) is 5.32 Å². The van der Waals surface area contributed by atoms with E-state index >= 15 is 0 Å². The Balaban J connectivity index is 0.00000208. The zero-order chi connectivity index (χ0) is 16.6. The molecule has 0 radical (unpaired) electrons. The molecule has 2 aliphatic carbocycles. The van der Waals surface area contributed by atoms with Gasteiger partial charge in [0.2, 0.25) is 0 Å². The summed E-state index contributed by atoms with van der Waals surface area (Å²) < 4.78 is 0. The molecular weight excluding hydrogens is 330 g/mol. The van der Waals surface area contributed by atoms with Crippen LogP contribution < -0.4 is 11.1 Å². The molecule has 0 heterocycles. The average Bonchev–Trinajstić information content (AvgIpc) is 2.47. The standard InChI is InChI=1S/C17H23N3O3.ClH/c1-10-5-13(9-15(6-10)20(22)23)17(21)19-16-11-3-2-4-12(16)8-14(18)7-11;/h5-6,9,11-12,14,16H,2-4,7-8,18H2,1H3,(H,19,21);1H. The minimum Gasteiger partial charge on any atom is -0.349 e. The molecule has 2 unspecified atom stereocenters. The average molecular weight is 354 g/mol. The predicted octanol–water partition coefficient (Wildman–Crippen LogP) is 2.96. The quantitative estimate of drug-likeness (QED) is 0.644. The molecule has 2 aliphatic rings. The summed E-state index contributed by atoms with van der Waals surface area (Å²) in [6, 6.07) is 4.92. The van der Waals surface area contributed by atoms with Gasteiger partial charge in [-0.25, -0.2) is 0 Å². The summed E-state index contributed by atoms with van der Waals surface area (Å²) >= 11 is 0. The lowest BCUT2D eigenvalue weighted by molar-refractivity contribution is -0.384. The Kier molecular flexibility index (Phi) is 5.83. The van der Waals surface area contributed by atoms with E-state index in [1.54, 1.807) is 13.0 Å². The van der Waals surface area contributed by atoms with E-state index in [9.17, 15) is 14.9 Å². The van der Waals surface area contributed by atoms with Crippen molar-refractivity contribution >= 4 is 24.0 Å². The largest absolute Gasteiger partial charge is 0.349 e. The van der Waals surface area contributed by atoms with Crippen LogP contribution in [0.25, 0.3) is 0 Å². The number of benzene rings is 1. The number of nitro groups is 1. The second-order valence-electron chi connectivity index (χ2n) is 7.00. The molecule has 132 valence electrons. The molecule has 2 atom stereocenters. The number of non-ortho nitro benzene ring substituents is 1. The van der Waals surface area contributed by atoms with Crippen molar-refractivity contribution in [1.82, 2.24) is 5.32 Å². The highest BCUT2D eigenvalue weighted by molar-refractivity contribution is 5.95. The predicted molar refractivity (Wildman–Crippen MR) is 94.4 cm³/mol. The fourth-order valence-corrected chi connectivity index (χ4v) is 4.26. The fourth-order valence-electron chi connectivity index (χ4n) is 4.26. The summed E-state index contributed by atoms with van der Waals surface area (Å²) in [5, 5.41) is 14.1. The van der Waals surface area contributed by atoms with Crippen molar-refractivity contribution in [3.8, 4) is 0 Å². The zero-order valence-electron chi connectivity index (χ0n) is 13.7. The van der Waals surface area contributed by atoms with E-state index in [1.165, 1.54) is 18.6 Å². The molecule has 3 N–H and O–H groups in total. The van der Waals surface area contributed by atoms with Gasteiger partial charge in [-0.1, -0.05) is 6.42 Å². The van der Waals surface area contributed by atoms with E-state index in [1.807, 2.05) is 0 Å². The van der Waals surface area contributed by atoms with Crippen LogP contribution in [0.15, 0.2) is 18.2 Å². The lowest BCUT2D eigenvalue weighted by Crippen LogP contribution is -2.53. The fraction of sp³-hybridized carbons (Fsp3) is 0.588. The number of nitrogens with zero attached hydrogens (tertiary/aromatic N) is 1. The monoisotopic (exact) mass is 353 g/mol. The molecule has 3 rings (SSSR count). The first-order chi connectivity index (χ1) is 10.9. The number of rotatable bonds is 3. The molecule has 2 bridgehead atoms. The van der Waals surface area contributed by atoms with Gasteiger partial charge in [0.1, 0.15) is 0 Å². The maximum Gasteiger partial charge on any atom is 0.270 e. The van der Waals surface area contributed by atoms with Gasteiger partial charge in [-0.2, -0.15) is 0 Å². The van der Waals surface area contributed by atoms with E-state index in [0.29, 0.717) is 17.4 Å². The molecule has 6 nitrogen and oxygen atoms in total. The van der Waals surface area contributed by atoms with Gasteiger partial charge in [0.25, 0.3) is 11.6 Å². The van der Waals surface area contributed by atoms with Gasteiger partial charge in [0.05, 0.1) is 4.92 Å². The van der Waals surface area contributed by atoms with E-state index in [0.717, 1.165) is 31.2 Å². The number of amides is 1. The van der Waals surface area contributed by atoms with Crippen LogP contribution in [0.5, 0.6) is 0 Å². The number of aryl methyl sites for hydroxylation is 1. The van der Waals surface area contributed by atoms with Crippen LogP contribution in [-0.2, 0) is 0 Å². The Morgan fingerprint density at radius 1 is 1.25 bits per heavy atom. The maximum absolute atomic E-state index is 12.6. The van der Waals surface area contributed by atoms with Crippen molar-refractivity contribution in [1.29, 1.82) is 0 Å². The van der Waals surface area contributed by atoms with Crippen LogP contribution in [0.2, 0.25) is 0 Å². The second-order valence-corrected chi connectivity index (χ2v) is 7.00. The first kappa shape index (κ1) is 18.7. The van der Waals surface area contributed by atoms with Crippen molar-refractivity contribution in [2.24, 2.45) is 17.6 Å². The van der Waals surface area contributed by atoms with Crippen molar-refractivity contribution in [3.63, 3.8) is 0 Å². The highest BCUT2D eigenvalue weighted by Gasteiger charge is 2.40. The van der Waals surface area contributed by atoms with Gasteiger partial charge >= 0.3 is 0 Å². The van der Waals surface area contributed by atoms with Crippen molar-refractivity contribution in [3.05, 3.63) is 39.4 Å². The maximum atomic E-state index is 12.6. The minimum atomic E-state index is -0.460. The van der Waals surface area contributed by atoms with Gasteiger partial charge in [-0.05, 0) is 56.1 Å². The normalized spacial score (nSPS) is 28.6. The van der Waals surface area contributed by atoms with Crippen LogP contribution >= 0.6 is 12.4 Å². The highest BCUT2D eigenvalue weighted by atomic mass is 35.5. The molecule has 0 aliphatic heterocycles. The number of hydrogen-bond acceptors (Lipinski definition) is 4. The Hall–Kier alpha value is -1.66. The van der Waals surface area contributed by atoms with E-state index in [-0.39, 0.29) is 36.1 Å². The highest BCUT2D eigenvalue weighted by Crippen LogP contribution is 2.39. The van der Waals surface area contributed by atoms with Crippen molar-refractivity contribution in [2.75, 3.05) is 0 Å². The topological polar surface area (TPSA) is 98.3 Å². The molecule has 0 spiro atoms. The molecule has 2 fully saturated rings. The van der Waals surface area contributed by atoms with Gasteiger partial charge in [0.15, 0.2) is 0 Å². The van der Waals surface area contributed by atoms with Crippen molar-refractivity contribution < 1.29 is 9.72 Å². The summed E-state index contributed by atoms with van der Waals surface area (Å²) in [5.74, 6) is 0.650. The number of nitro benzene ring substituents is 1. The summed E-state index contributed by atoms with van der Waals surface area (Å²) in [5.41, 5.74) is 7.16. The smallest absolute Gasteiger partial charge is 0.270 e. The first-order valence-electron chi connectivity index (χ1n) is 8.26. The van der Waals surface area contributed by atoms with Crippen LogP contribution in [0.3, 0.4) is 0 Å². The van der Waals surface area contributed by atoms with Crippen LogP contribution in [0, 0.1) is 28.9 Å². The lowest BCUT2D eigenvalue weighted by atomic mass is 9.67. The summed E-state index contributed by atoms with van der Waals surface area (Å²) in [6.45, 7) is 1.76. The summed E-state index contributed by atoms with van der Waals surface area (Å²) in [6.07, 6.45) is 5.31. The van der Waals surface area contributed by atoms with Gasteiger partial charge < -0.3 is 11.1 Å². The number of carbonyl (C=O) groups is 1. The number of nitrogens with one attached hydrogen (secondary N) is 1. The minimum absolute atomic E-state index is 0. The SMILES string of the molecule is Cc1cc(C(=O)NC2C3CCCC2CC(N)C3)cc([N+](=O)[O-])c1.Cl. The summed E-state index contributed by atoms with van der Waals surface area (Å²) in [7, 11) is 0. The number of fused-ring (bicyclic) bond motifs is 2. The Morgan fingerprint density at radius 2 is 1.88 bits per heavy atom. The van der Waals surface area contributed by atoms with Crippen LogP contribution in [0.1, 0.15) is 48.0 Å². The van der Waals surface area contributed by atoms with E-state index in [4.69, 9.17) is 5.73 Å².